The van der Waals surface area contributed by atoms with Crippen molar-refractivity contribution in [1.82, 2.24) is 9.78 Å². The lowest BCUT2D eigenvalue weighted by molar-refractivity contribution is 0.102. The van der Waals surface area contributed by atoms with Crippen molar-refractivity contribution in [3.8, 4) is 0 Å². The van der Waals surface area contributed by atoms with Crippen LogP contribution in [0.3, 0.4) is 0 Å². The molecule has 1 N–H and O–H groups in total. The summed E-state index contributed by atoms with van der Waals surface area (Å²) >= 11 is 0. The Morgan fingerprint density at radius 2 is 2.00 bits per heavy atom. The Morgan fingerprint density at radius 1 is 1.21 bits per heavy atom. The molecule has 24 heavy (non-hydrogen) atoms. The summed E-state index contributed by atoms with van der Waals surface area (Å²) < 4.78 is 15.3. The molecular weight excluding hydrogens is 305 g/mol. The van der Waals surface area contributed by atoms with Crippen molar-refractivity contribution in [2.45, 2.75) is 20.4 Å². The van der Waals surface area contributed by atoms with Crippen molar-refractivity contribution in [3.63, 3.8) is 0 Å². The summed E-state index contributed by atoms with van der Waals surface area (Å²) in [6.45, 7) is 4.21. The van der Waals surface area contributed by atoms with Crippen LogP contribution in [0.15, 0.2) is 54.9 Å². The van der Waals surface area contributed by atoms with Crippen molar-refractivity contribution in [1.29, 1.82) is 0 Å². The summed E-state index contributed by atoms with van der Waals surface area (Å²) in [5, 5.41) is 6.99. The molecule has 0 aliphatic carbocycles. The lowest BCUT2D eigenvalue weighted by atomic mass is 10.1. The molecule has 5 heteroatoms. The third-order valence-electron chi connectivity index (χ3n) is 3.81. The van der Waals surface area contributed by atoms with Gasteiger partial charge >= 0.3 is 0 Å². The predicted molar refractivity (Wildman–Crippen MR) is 91.6 cm³/mol. The standard InChI is InChI=1S/C19H18FN3O/c1-13-7-8-17(14(2)9-13)19(24)22-16-10-21-23(12-16)11-15-5-3-4-6-18(15)20/h3-10,12H,11H2,1-2H3,(H,22,24). The van der Waals surface area contributed by atoms with Gasteiger partial charge < -0.3 is 5.32 Å². The fraction of sp³-hybridized carbons (Fsp3) is 0.158. The highest BCUT2D eigenvalue weighted by Crippen LogP contribution is 2.15. The second-order valence-corrected chi connectivity index (χ2v) is 5.79. The zero-order valence-electron chi connectivity index (χ0n) is 13.6. The first kappa shape index (κ1) is 15.9. The van der Waals surface area contributed by atoms with E-state index in [9.17, 15) is 9.18 Å². The zero-order valence-corrected chi connectivity index (χ0v) is 13.6. The smallest absolute Gasteiger partial charge is 0.256 e. The van der Waals surface area contributed by atoms with E-state index in [0.717, 1.165) is 11.1 Å². The molecule has 1 heterocycles. The quantitative estimate of drug-likeness (QED) is 0.790. The summed E-state index contributed by atoms with van der Waals surface area (Å²) in [4.78, 5) is 12.4. The minimum absolute atomic E-state index is 0.182. The summed E-state index contributed by atoms with van der Waals surface area (Å²) in [6, 6.07) is 12.2. The van der Waals surface area contributed by atoms with Gasteiger partial charge in [0, 0.05) is 17.3 Å². The average molecular weight is 323 g/mol. The van der Waals surface area contributed by atoms with E-state index in [4.69, 9.17) is 0 Å². The number of amides is 1. The maximum Gasteiger partial charge on any atom is 0.256 e. The molecule has 3 rings (SSSR count). The number of carbonyl (C=O) groups excluding carboxylic acids is 1. The third kappa shape index (κ3) is 3.51. The van der Waals surface area contributed by atoms with E-state index in [1.54, 1.807) is 35.3 Å². The normalized spacial score (nSPS) is 10.6. The van der Waals surface area contributed by atoms with Crippen molar-refractivity contribution in [2.24, 2.45) is 0 Å². The molecular formula is C19H18FN3O. The Hall–Kier alpha value is -2.95. The van der Waals surface area contributed by atoms with Crippen LogP contribution in [0.1, 0.15) is 27.0 Å². The van der Waals surface area contributed by atoms with Gasteiger partial charge in [0.25, 0.3) is 5.91 Å². The number of carbonyl (C=O) groups is 1. The fourth-order valence-corrected chi connectivity index (χ4v) is 2.58. The highest BCUT2D eigenvalue weighted by atomic mass is 19.1. The lowest BCUT2D eigenvalue weighted by Gasteiger charge is -2.07. The molecule has 3 aromatic rings. The monoisotopic (exact) mass is 323 g/mol. The molecule has 2 aromatic carbocycles. The maximum absolute atomic E-state index is 13.7. The minimum atomic E-state index is -0.270. The van der Waals surface area contributed by atoms with Gasteiger partial charge in [0.15, 0.2) is 0 Å². The van der Waals surface area contributed by atoms with Gasteiger partial charge in [-0.3, -0.25) is 9.48 Å². The van der Waals surface area contributed by atoms with Gasteiger partial charge in [-0.1, -0.05) is 35.9 Å². The molecule has 0 fully saturated rings. The molecule has 0 saturated carbocycles. The molecule has 0 radical (unpaired) electrons. The molecule has 0 saturated heterocycles. The highest BCUT2D eigenvalue weighted by molar-refractivity contribution is 6.05. The minimum Gasteiger partial charge on any atom is -0.319 e. The molecule has 1 aromatic heterocycles. The first-order valence-corrected chi connectivity index (χ1v) is 7.67. The van der Waals surface area contributed by atoms with Crippen LogP contribution in [0.2, 0.25) is 0 Å². The van der Waals surface area contributed by atoms with Crippen LogP contribution < -0.4 is 5.32 Å². The Labute approximate surface area is 139 Å². The molecule has 0 bridgehead atoms. The number of halogens is 1. The molecule has 0 atom stereocenters. The Kier molecular flexibility index (Phi) is 4.42. The maximum atomic E-state index is 13.7. The number of anilines is 1. The Morgan fingerprint density at radius 3 is 2.75 bits per heavy atom. The number of hydrogen-bond acceptors (Lipinski definition) is 2. The number of nitrogens with one attached hydrogen (secondary N) is 1. The Balaban J connectivity index is 1.72. The zero-order chi connectivity index (χ0) is 17.1. The van der Waals surface area contributed by atoms with E-state index < -0.39 is 0 Å². The second kappa shape index (κ2) is 6.66. The van der Waals surface area contributed by atoms with Crippen LogP contribution in [0.5, 0.6) is 0 Å². The highest BCUT2D eigenvalue weighted by Gasteiger charge is 2.11. The van der Waals surface area contributed by atoms with Gasteiger partial charge in [0.2, 0.25) is 0 Å². The first-order valence-electron chi connectivity index (χ1n) is 7.67. The van der Waals surface area contributed by atoms with Gasteiger partial charge in [-0.05, 0) is 31.5 Å². The molecule has 0 aliphatic rings. The van der Waals surface area contributed by atoms with E-state index in [-0.39, 0.29) is 11.7 Å². The van der Waals surface area contributed by atoms with Crippen molar-refractivity contribution in [2.75, 3.05) is 5.32 Å². The average Bonchev–Trinajstić information content (AvgIpc) is 2.96. The molecule has 0 aliphatic heterocycles. The molecule has 0 spiro atoms. The van der Waals surface area contributed by atoms with Crippen LogP contribution in [0.4, 0.5) is 10.1 Å². The van der Waals surface area contributed by atoms with Gasteiger partial charge in [-0.2, -0.15) is 5.10 Å². The van der Waals surface area contributed by atoms with Gasteiger partial charge in [0.1, 0.15) is 5.82 Å². The molecule has 0 unspecified atom stereocenters. The number of hydrogen-bond donors (Lipinski definition) is 1. The van der Waals surface area contributed by atoms with E-state index in [2.05, 4.69) is 10.4 Å². The van der Waals surface area contributed by atoms with Gasteiger partial charge in [0.05, 0.1) is 18.4 Å². The van der Waals surface area contributed by atoms with Gasteiger partial charge in [-0.25, -0.2) is 4.39 Å². The van der Waals surface area contributed by atoms with Crippen molar-refractivity contribution >= 4 is 11.6 Å². The largest absolute Gasteiger partial charge is 0.319 e. The van der Waals surface area contributed by atoms with E-state index in [1.165, 1.54) is 6.07 Å². The van der Waals surface area contributed by atoms with Crippen molar-refractivity contribution in [3.05, 3.63) is 82.9 Å². The summed E-state index contributed by atoms with van der Waals surface area (Å²) in [6.07, 6.45) is 3.25. The van der Waals surface area contributed by atoms with Crippen LogP contribution in [0.25, 0.3) is 0 Å². The Bertz CT molecular complexity index is 886. The van der Waals surface area contributed by atoms with Crippen LogP contribution in [-0.2, 0) is 6.54 Å². The van der Waals surface area contributed by atoms with Crippen LogP contribution >= 0.6 is 0 Å². The number of aromatic nitrogens is 2. The topological polar surface area (TPSA) is 46.9 Å². The van der Waals surface area contributed by atoms with E-state index >= 15 is 0 Å². The molecule has 1 amide bonds. The molecule has 122 valence electrons. The number of benzene rings is 2. The fourth-order valence-electron chi connectivity index (χ4n) is 2.58. The van der Waals surface area contributed by atoms with Crippen molar-refractivity contribution < 1.29 is 9.18 Å². The summed E-state index contributed by atoms with van der Waals surface area (Å²) in [7, 11) is 0. The van der Waals surface area contributed by atoms with E-state index in [0.29, 0.717) is 23.4 Å². The van der Waals surface area contributed by atoms with Gasteiger partial charge in [-0.15, -0.1) is 0 Å². The summed E-state index contributed by atoms with van der Waals surface area (Å²) in [5.41, 5.74) is 3.79. The number of rotatable bonds is 4. The van der Waals surface area contributed by atoms with Crippen LogP contribution in [-0.4, -0.2) is 15.7 Å². The second-order valence-electron chi connectivity index (χ2n) is 5.79. The third-order valence-corrected chi connectivity index (χ3v) is 3.81. The number of aryl methyl sites for hydroxylation is 2. The van der Waals surface area contributed by atoms with E-state index in [1.807, 2.05) is 32.0 Å². The van der Waals surface area contributed by atoms with Crippen LogP contribution in [0, 0.1) is 19.7 Å². The lowest BCUT2D eigenvalue weighted by Crippen LogP contribution is -2.13. The SMILES string of the molecule is Cc1ccc(C(=O)Nc2cnn(Cc3ccccc3F)c2)c(C)c1. The predicted octanol–water partition coefficient (Wildman–Crippen LogP) is 3.94. The first-order chi connectivity index (χ1) is 11.5. The summed E-state index contributed by atoms with van der Waals surface area (Å²) in [5.74, 6) is -0.452. The molecule has 4 nitrogen and oxygen atoms in total. The number of nitrogens with zero attached hydrogens (tertiary/aromatic N) is 2.